The van der Waals surface area contributed by atoms with Gasteiger partial charge in [0.15, 0.2) is 0 Å². The first-order valence-electron chi connectivity index (χ1n) is 6.67. The van der Waals surface area contributed by atoms with E-state index in [1.54, 1.807) is 11.1 Å². The topological polar surface area (TPSA) is 12.0 Å². The Bertz CT molecular complexity index is 343. The van der Waals surface area contributed by atoms with Gasteiger partial charge in [-0.1, -0.05) is 38.5 Å². The molecule has 1 aliphatic rings. The van der Waals surface area contributed by atoms with Crippen molar-refractivity contribution < 1.29 is 0 Å². The Morgan fingerprint density at radius 1 is 1.12 bits per heavy atom. The van der Waals surface area contributed by atoms with Gasteiger partial charge in [0.2, 0.25) is 0 Å². The predicted molar refractivity (Wildman–Crippen MR) is 69.9 cm³/mol. The van der Waals surface area contributed by atoms with Crippen LogP contribution in [0, 0.1) is 0 Å². The molecule has 88 valence electrons. The maximum atomic E-state index is 3.63. The summed E-state index contributed by atoms with van der Waals surface area (Å²) in [5, 5.41) is 3.63. The Balaban J connectivity index is 2.00. The number of benzene rings is 1. The lowest BCUT2D eigenvalue weighted by molar-refractivity contribution is 0.531. The van der Waals surface area contributed by atoms with Crippen LogP contribution in [0.15, 0.2) is 18.2 Å². The standard InChI is InChI=1S/C15H23N/c1-3-5-12-6-7-13-10-15(16-8-4-2)11-14(13)9-12/h6-7,9,15-16H,3-5,8,10-11H2,1-2H3. The second-order valence-corrected chi connectivity index (χ2v) is 4.91. The van der Waals surface area contributed by atoms with Crippen LogP contribution in [0.25, 0.3) is 0 Å². The van der Waals surface area contributed by atoms with Crippen molar-refractivity contribution in [3.8, 4) is 0 Å². The van der Waals surface area contributed by atoms with Gasteiger partial charge in [-0.05, 0) is 48.9 Å². The van der Waals surface area contributed by atoms with Gasteiger partial charge in [0.05, 0.1) is 0 Å². The predicted octanol–water partition coefficient (Wildman–Crippen LogP) is 3.11. The maximum Gasteiger partial charge on any atom is 0.0148 e. The summed E-state index contributed by atoms with van der Waals surface area (Å²) in [7, 11) is 0. The van der Waals surface area contributed by atoms with Crippen molar-refractivity contribution in [1.82, 2.24) is 5.32 Å². The van der Waals surface area contributed by atoms with Crippen LogP contribution < -0.4 is 5.32 Å². The molecule has 1 aliphatic carbocycles. The molecule has 0 radical (unpaired) electrons. The zero-order chi connectivity index (χ0) is 11.4. The molecule has 0 aromatic heterocycles. The summed E-state index contributed by atoms with van der Waals surface area (Å²) >= 11 is 0. The molecule has 0 saturated heterocycles. The maximum absolute atomic E-state index is 3.63. The molecule has 1 unspecified atom stereocenters. The molecule has 1 aromatic carbocycles. The molecule has 0 amide bonds. The number of rotatable bonds is 5. The highest BCUT2D eigenvalue weighted by molar-refractivity contribution is 5.37. The van der Waals surface area contributed by atoms with E-state index in [1.165, 1.54) is 37.7 Å². The van der Waals surface area contributed by atoms with E-state index in [1.807, 2.05) is 0 Å². The Labute approximate surface area is 99.3 Å². The Kier molecular flexibility index (Phi) is 4.00. The lowest BCUT2D eigenvalue weighted by atomic mass is 10.0. The van der Waals surface area contributed by atoms with Gasteiger partial charge in [-0.2, -0.15) is 0 Å². The second kappa shape index (κ2) is 5.49. The summed E-state index contributed by atoms with van der Waals surface area (Å²) < 4.78 is 0. The highest BCUT2D eigenvalue weighted by Crippen LogP contribution is 2.23. The molecule has 0 aliphatic heterocycles. The highest BCUT2D eigenvalue weighted by Gasteiger charge is 2.20. The molecular formula is C15H23N. The Morgan fingerprint density at radius 3 is 2.69 bits per heavy atom. The molecule has 0 bridgehead atoms. The summed E-state index contributed by atoms with van der Waals surface area (Å²) in [5.41, 5.74) is 4.66. The van der Waals surface area contributed by atoms with Gasteiger partial charge in [0.25, 0.3) is 0 Å². The van der Waals surface area contributed by atoms with Gasteiger partial charge >= 0.3 is 0 Å². The second-order valence-electron chi connectivity index (χ2n) is 4.91. The molecule has 0 spiro atoms. The van der Waals surface area contributed by atoms with Crippen molar-refractivity contribution in [2.75, 3.05) is 6.54 Å². The fourth-order valence-corrected chi connectivity index (χ4v) is 2.61. The normalized spacial score (nSPS) is 18.8. The van der Waals surface area contributed by atoms with Crippen molar-refractivity contribution in [3.63, 3.8) is 0 Å². The number of hydrogen-bond acceptors (Lipinski definition) is 1. The Morgan fingerprint density at radius 2 is 1.94 bits per heavy atom. The van der Waals surface area contributed by atoms with Crippen molar-refractivity contribution in [1.29, 1.82) is 0 Å². The zero-order valence-corrected chi connectivity index (χ0v) is 10.6. The lowest BCUT2D eigenvalue weighted by Crippen LogP contribution is -2.29. The van der Waals surface area contributed by atoms with Gasteiger partial charge in [-0.25, -0.2) is 0 Å². The van der Waals surface area contributed by atoms with Gasteiger partial charge in [0, 0.05) is 6.04 Å². The van der Waals surface area contributed by atoms with Crippen molar-refractivity contribution in [2.45, 2.75) is 52.0 Å². The average Bonchev–Trinajstić information content (AvgIpc) is 2.68. The molecule has 1 aromatic rings. The highest BCUT2D eigenvalue weighted by atomic mass is 14.9. The van der Waals surface area contributed by atoms with Crippen LogP contribution in [0.2, 0.25) is 0 Å². The van der Waals surface area contributed by atoms with Gasteiger partial charge in [0.1, 0.15) is 0 Å². The van der Waals surface area contributed by atoms with Crippen LogP contribution in [-0.4, -0.2) is 12.6 Å². The quantitative estimate of drug-likeness (QED) is 0.799. The third kappa shape index (κ3) is 2.65. The van der Waals surface area contributed by atoms with Gasteiger partial charge in [-0.15, -0.1) is 0 Å². The van der Waals surface area contributed by atoms with Crippen LogP contribution in [0.1, 0.15) is 43.4 Å². The third-order valence-electron chi connectivity index (χ3n) is 3.42. The molecule has 16 heavy (non-hydrogen) atoms. The van der Waals surface area contributed by atoms with Gasteiger partial charge in [-0.3, -0.25) is 0 Å². The first kappa shape index (κ1) is 11.7. The minimum atomic E-state index is 0.687. The molecule has 0 heterocycles. The summed E-state index contributed by atoms with van der Waals surface area (Å²) in [5.74, 6) is 0. The summed E-state index contributed by atoms with van der Waals surface area (Å²) in [6, 6.07) is 7.76. The van der Waals surface area contributed by atoms with E-state index in [-0.39, 0.29) is 0 Å². The van der Waals surface area contributed by atoms with E-state index in [2.05, 4.69) is 37.4 Å². The van der Waals surface area contributed by atoms with E-state index < -0.39 is 0 Å². The summed E-state index contributed by atoms with van der Waals surface area (Å²) in [6.45, 7) is 5.63. The smallest absolute Gasteiger partial charge is 0.0148 e. The molecule has 0 fully saturated rings. The monoisotopic (exact) mass is 217 g/mol. The summed E-state index contributed by atoms with van der Waals surface area (Å²) in [4.78, 5) is 0. The number of hydrogen-bond donors (Lipinski definition) is 1. The fourth-order valence-electron chi connectivity index (χ4n) is 2.61. The summed E-state index contributed by atoms with van der Waals surface area (Å²) in [6.07, 6.45) is 6.15. The molecule has 2 rings (SSSR count). The van der Waals surface area contributed by atoms with Crippen LogP contribution in [0.3, 0.4) is 0 Å². The minimum absolute atomic E-state index is 0.687. The first-order chi connectivity index (χ1) is 7.83. The Hall–Kier alpha value is -0.820. The molecule has 1 nitrogen and oxygen atoms in total. The van der Waals surface area contributed by atoms with E-state index in [0.717, 1.165) is 6.54 Å². The lowest BCUT2D eigenvalue weighted by Gasteiger charge is -2.09. The third-order valence-corrected chi connectivity index (χ3v) is 3.42. The molecule has 1 heteroatoms. The van der Waals surface area contributed by atoms with E-state index in [4.69, 9.17) is 0 Å². The number of nitrogens with one attached hydrogen (secondary N) is 1. The van der Waals surface area contributed by atoms with E-state index in [9.17, 15) is 0 Å². The molecular weight excluding hydrogens is 194 g/mol. The SMILES string of the molecule is CCCNC1Cc2ccc(CCC)cc2C1. The van der Waals surface area contributed by atoms with Crippen LogP contribution in [0.5, 0.6) is 0 Å². The van der Waals surface area contributed by atoms with Crippen LogP contribution in [0.4, 0.5) is 0 Å². The first-order valence-corrected chi connectivity index (χ1v) is 6.67. The van der Waals surface area contributed by atoms with Crippen molar-refractivity contribution >= 4 is 0 Å². The minimum Gasteiger partial charge on any atom is -0.313 e. The molecule has 1 atom stereocenters. The van der Waals surface area contributed by atoms with E-state index in [0.29, 0.717) is 6.04 Å². The average molecular weight is 217 g/mol. The van der Waals surface area contributed by atoms with Crippen molar-refractivity contribution in [3.05, 3.63) is 34.9 Å². The van der Waals surface area contributed by atoms with Crippen molar-refractivity contribution in [2.24, 2.45) is 0 Å². The zero-order valence-electron chi connectivity index (χ0n) is 10.6. The molecule has 0 saturated carbocycles. The van der Waals surface area contributed by atoms with Gasteiger partial charge < -0.3 is 5.32 Å². The largest absolute Gasteiger partial charge is 0.313 e. The molecule has 1 N–H and O–H groups in total. The number of fused-ring (bicyclic) bond motifs is 1. The fraction of sp³-hybridized carbons (Fsp3) is 0.600. The van der Waals surface area contributed by atoms with Crippen LogP contribution in [-0.2, 0) is 19.3 Å². The van der Waals surface area contributed by atoms with Crippen LogP contribution >= 0.6 is 0 Å². The van der Waals surface area contributed by atoms with E-state index >= 15 is 0 Å². The number of aryl methyl sites for hydroxylation is 1.